The second kappa shape index (κ2) is 7.78. The fourth-order valence-corrected chi connectivity index (χ4v) is 3.02. The minimum absolute atomic E-state index is 0. The van der Waals surface area contributed by atoms with Gasteiger partial charge in [-0.3, -0.25) is 28.3 Å². The first-order valence-electron chi connectivity index (χ1n) is 5.52. The van der Waals surface area contributed by atoms with Crippen LogP contribution in [0.2, 0.25) is 0 Å². The van der Waals surface area contributed by atoms with Gasteiger partial charge in [-0.1, -0.05) is 0 Å². The van der Waals surface area contributed by atoms with E-state index >= 15 is 0 Å². The van der Waals surface area contributed by atoms with Crippen LogP contribution in [0.3, 0.4) is 0 Å². The summed E-state index contributed by atoms with van der Waals surface area (Å²) in [5.74, 6) is -3.51. The molecule has 0 aromatic heterocycles. The summed E-state index contributed by atoms with van der Waals surface area (Å²) in [6.45, 7) is 0. The molecule has 0 aromatic rings. The summed E-state index contributed by atoms with van der Waals surface area (Å²) < 4.78 is 57.6. The van der Waals surface area contributed by atoms with Gasteiger partial charge in [0.05, 0.1) is 0 Å². The molecule has 0 radical (unpaired) electrons. The summed E-state index contributed by atoms with van der Waals surface area (Å²) in [4.78, 5) is 42.4. The molecule has 0 aromatic carbocycles. The van der Waals surface area contributed by atoms with Crippen molar-refractivity contribution >= 4 is 73.8 Å². The number of hydrogen-bond donors (Lipinski definition) is 2. The van der Waals surface area contributed by atoms with Gasteiger partial charge in [0, 0.05) is 25.7 Å². The number of hydrogen-bond acceptors (Lipinski definition) is 8. The second-order valence-corrected chi connectivity index (χ2v) is 6.58. The van der Waals surface area contributed by atoms with Crippen molar-refractivity contribution < 1.29 is 45.1 Å². The fourth-order valence-electron chi connectivity index (χ4n) is 1.63. The van der Waals surface area contributed by atoms with E-state index in [1.807, 2.05) is 0 Å². The van der Waals surface area contributed by atoms with Gasteiger partial charge in [-0.05, 0) is 0 Å². The summed E-state index contributed by atoms with van der Waals surface area (Å²) in [5.41, 5.74) is 0. The van der Waals surface area contributed by atoms with E-state index in [0.717, 1.165) is 0 Å². The molecule has 2 N–H and O–H groups in total. The standard InChI is InChI=1S/2C4H5NO5S.Na.H/c2*6-3-1-2-4(7)5(3)11(8,9)10;;/h2*1-2H2,(H,8,9,10);;. The molecule has 23 heavy (non-hydrogen) atoms. The van der Waals surface area contributed by atoms with Crippen molar-refractivity contribution in [2.24, 2.45) is 0 Å². The fraction of sp³-hybridized carbons (Fsp3) is 0.500. The van der Waals surface area contributed by atoms with Gasteiger partial charge < -0.3 is 0 Å². The second-order valence-electron chi connectivity index (χ2n) is 4.06. The maximum absolute atomic E-state index is 10.6. The van der Waals surface area contributed by atoms with Gasteiger partial charge in [0.15, 0.2) is 0 Å². The molecule has 2 aliphatic rings. The molecule has 0 atom stereocenters. The van der Waals surface area contributed by atoms with E-state index < -0.39 is 44.2 Å². The van der Waals surface area contributed by atoms with Gasteiger partial charge in [0.1, 0.15) is 0 Å². The van der Waals surface area contributed by atoms with Gasteiger partial charge in [-0.2, -0.15) is 25.4 Å². The van der Waals surface area contributed by atoms with E-state index in [9.17, 15) is 36.0 Å². The average molecular weight is 382 g/mol. The molecular weight excluding hydrogens is 371 g/mol. The zero-order valence-corrected chi connectivity index (χ0v) is 12.3. The Morgan fingerprint density at radius 2 is 0.783 bits per heavy atom. The molecule has 4 amide bonds. The van der Waals surface area contributed by atoms with Crippen molar-refractivity contribution in [2.75, 3.05) is 0 Å². The SMILES string of the molecule is O=C1CCC(=O)N1S(=O)(=O)O.O=C1CCC(=O)N1S(=O)(=O)O.[NaH]. The molecule has 12 nitrogen and oxygen atoms in total. The third kappa shape index (κ3) is 5.59. The molecule has 0 spiro atoms. The summed E-state index contributed by atoms with van der Waals surface area (Å²) in [5, 5.41) is 0. The zero-order chi connectivity index (χ0) is 17.3. The first-order valence-corrected chi connectivity index (χ1v) is 8.32. The molecule has 2 rings (SSSR count). The summed E-state index contributed by atoms with van der Waals surface area (Å²) >= 11 is 0. The quantitative estimate of drug-likeness (QED) is 0.288. The van der Waals surface area contributed by atoms with Crippen molar-refractivity contribution in [3.05, 3.63) is 0 Å². The Bertz CT molecular complexity index is 647. The van der Waals surface area contributed by atoms with Gasteiger partial charge in [0.2, 0.25) is 23.6 Å². The molecule has 2 aliphatic heterocycles. The molecule has 0 aliphatic carbocycles. The Morgan fingerprint density at radius 1 is 0.609 bits per heavy atom. The predicted molar refractivity (Wildman–Crippen MR) is 72.4 cm³/mol. The molecule has 2 heterocycles. The van der Waals surface area contributed by atoms with Crippen LogP contribution in [-0.4, -0.2) is 87.7 Å². The molecule has 0 saturated carbocycles. The van der Waals surface area contributed by atoms with Gasteiger partial charge in [-0.25, -0.2) is 0 Å². The Labute approximate surface area is 152 Å². The van der Waals surface area contributed by atoms with Crippen molar-refractivity contribution in [3.8, 4) is 0 Å². The van der Waals surface area contributed by atoms with E-state index in [0.29, 0.717) is 0 Å². The third-order valence-electron chi connectivity index (χ3n) is 2.47. The van der Waals surface area contributed by atoms with E-state index in [2.05, 4.69) is 0 Å². The van der Waals surface area contributed by atoms with Crippen LogP contribution in [0.5, 0.6) is 0 Å². The monoisotopic (exact) mass is 382 g/mol. The van der Waals surface area contributed by atoms with E-state index in [1.165, 1.54) is 0 Å². The van der Waals surface area contributed by atoms with Crippen LogP contribution >= 0.6 is 0 Å². The van der Waals surface area contributed by atoms with Crippen molar-refractivity contribution in [1.82, 2.24) is 8.61 Å². The van der Waals surface area contributed by atoms with Crippen LogP contribution in [0.15, 0.2) is 0 Å². The van der Waals surface area contributed by atoms with Crippen molar-refractivity contribution in [3.63, 3.8) is 0 Å². The molecule has 2 fully saturated rings. The minimum atomic E-state index is -4.67. The average Bonchev–Trinajstić information content (AvgIpc) is 2.81. The number of nitrogens with zero attached hydrogens (tertiary/aromatic N) is 2. The van der Waals surface area contributed by atoms with Crippen LogP contribution in [0.1, 0.15) is 25.7 Å². The number of carbonyl (C=O) groups is 4. The molecule has 2 saturated heterocycles. The normalized spacial score (nSPS) is 18.7. The Kier molecular flexibility index (Phi) is 7.48. The third-order valence-corrected chi connectivity index (χ3v) is 4.21. The summed E-state index contributed by atoms with van der Waals surface area (Å²) in [6, 6.07) is 0. The Morgan fingerprint density at radius 3 is 0.870 bits per heavy atom. The first kappa shape index (κ1) is 22.1. The topological polar surface area (TPSA) is 184 Å². The van der Waals surface area contributed by atoms with Crippen LogP contribution < -0.4 is 0 Å². The van der Waals surface area contributed by atoms with E-state index in [1.54, 1.807) is 0 Å². The first-order chi connectivity index (χ1) is 9.85. The molecule has 0 unspecified atom stereocenters. The van der Waals surface area contributed by atoms with E-state index in [-0.39, 0.29) is 63.9 Å². The number of rotatable bonds is 2. The summed E-state index contributed by atoms with van der Waals surface area (Å²) in [6.07, 6.45) is -0.617. The number of imide groups is 2. The van der Waals surface area contributed by atoms with Crippen molar-refractivity contribution in [2.45, 2.75) is 25.7 Å². The Balaban J connectivity index is 0.000000403. The molecular formula is C8H11N2NaO10S2. The predicted octanol–water partition coefficient (Wildman–Crippen LogP) is -2.77. The van der Waals surface area contributed by atoms with Crippen LogP contribution in [0, 0.1) is 0 Å². The van der Waals surface area contributed by atoms with Crippen molar-refractivity contribution in [1.29, 1.82) is 0 Å². The zero-order valence-electron chi connectivity index (χ0n) is 10.7. The van der Waals surface area contributed by atoms with Gasteiger partial charge in [-0.15, -0.1) is 0 Å². The molecule has 15 heteroatoms. The van der Waals surface area contributed by atoms with Crippen LogP contribution in [-0.2, 0) is 39.8 Å². The summed E-state index contributed by atoms with van der Waals surface area (Å²) in [7, 11) is -9.33. The van der Waals surface area contributed by atoms with Crippen LogP contribution in [0.4, 0.5) is 0 Å². The number of amides is 4. The van der Waals surface area contributed by atoms with Gasteiger partial charge >= 0.3 is 50.2 Å². The van der Waals surface area contributed by atoms with Crippen LogP contribution in [0.25, 0.3) is 0 Å². The van der Waals surface area contributed by atoms with Gasteiger partial charge in [0.25, 0.3) is 0 Å². The number of carbonyl (C=O) groups excluding carboxylic acids is 4. The Hall–Kier alpha value is -0.900. The maximum atomic E-state index is 10.6. The van der Waals surface area contributed by atoms with E-state index in [4.69, 9.17) is 9.11 Å². The molecule has 126 valence electrons. The molecule has 0 bridgehead atoms.